The first-order valence-electron chi connectivity index (χ1n) is 10.5. The van der Waals surface area contributed by atoms with Crippen LogP contribution < -0.4 is 11.1 Å². The fourth-order valence-electron chi connectivity index (χ4n) is 4.16. The number of nitrogens with zero attached hydrogens (tertiary/aromatic N) is 4. The molecule has 0 aliphatic carbocycles. The standard InChI is InChI=1S/C23H23N6O4Si/c1-4-19(30)28-13-23(34,11-14(28)12-32-3)29-22(25-2)20(21(24)31)16(27-29)9-10-18-26-15-7-5-6-8-17(15)33-18/h4-8,14,25H,1,11-13H2,2-3H3,(H2,24,31)/t14-,23-/m1/s1. The lowest BCUT2D eigenvalue weighted by Crippen LogP contribution is -2.41. The molecule has 10 nitrogen and oxygen atoms in total. The quantitative estimate of drug-likeness (QED) is 0.307. The molecule has 3 aromatic rings. The van der Waals surface area contributed by atoms with Crippen LogP contribution in [0.2, 0.25) is 0 Å². The summed E-state index contributed by atoms with van der Waals surface area (Å²) in [6, 6.07) is 7.06. The van der Waals surface area contributed by atoms with Crippen molar-refractivity contribution in [3.8, 4) is 11.8 Å². The van der Waals surface area contributed by atoms with E-state index in [1.807, 2.05) is 18.2 Å². The molecule has 0 bridgehead atoms. The summed E-state index contributed by atoms with van der Waals surface area (Å²) in [7, 11) is 7.05. The van der Waals surface area contributed by atoms with Crippen molar-refractivity contribution >= 4 is 39.0 Å². The third-order valence-electron chi connectivity index (χ3n) is 5.62. The lowest BCUT2D eigenvalue weighted by molar-refractivity contribution is -0.127. The average Bonchev–Trinajstić information content (AvgIpc) is 3.50. The average molecular weight is 476 g/mol. The van der Waals surface area contributed by atoms with Gasteiger partial charge in [0.15, 0.2) is 11.3 Å². The molecule has 3 radical (unpaired) electrons. The van der Waals surface area contributed by atoms with Gasteiger partial charge in [0.05, 0.1) is 28.1 Å². The Hall–Kier alpha value is -3.88. The number of anilines is 1. The number of fused-ring (bicyclic) bond motifs is 1. The Kier molecular flexibility index (Phi) is 6.28. The molecule has 2 amide bonds. The van der Waals surface area contributed by atoms with Crippen molar-refractivity contribution in [1.29, 1.82) is 0 Å². The van der Waals surface area contributed by atoms with Gasteiger partial charge in [-0.3, -0.25) is 9.59 Å². The van der Waals surface area contributed by atoms with Crippen molar-refractivity contribution in [3.63, 3.8) is 0 Å². The van der Waals surface area contributed by atoms with Crippen molar-refractivity contribution in [2.24, 2.45) is 5.73 Å². The number of ether oxygens (including phenoxy) is 1. The first-order chi connectivity index (χ1) is 16.3. The van der Waals surface area contributed by atoms with E-state index < -0.39 is 11.1 Å². The Balaban J connectivity index is 1.77. The Labute approximate surface area is 199 Å². The maximum absolute atomic E-state index is 12.5. The fraction of sp³-hybridized carbons (Fsp3) is 0.304. The summed E-state index contributed by atoms with van der Waals surface area (Å²) in [6.45, 7) is 4.17. The van der Waals surface area contributed by atoms with E-state index in [9.17, 15) is 9.59 Å². The number of hydrogen-bond donors (Lipinski definition) is 2. The van der Waals surface area contributed by atoms with Crippen molar-refractivity contribution in [2.75, 3.05) is 32.6 Å². The van der Waals surface area contributed by atoms with E-state index in [0.29, 0.717) is 29.9 Å². The van der Waals surface area contributed by atoms with Crippen molar-refractivity contribution in [2.45, 2.75) is 17.6 Å². The van der Waals surface area contributed by atoms with Gasteiger partial charge in [0.25, 0.3) is 11.8 Å². The van der Waals surface area contributed by atoms with Crippen LogP contribution in [0, 0.1) is 11.8 Å². The molecule has 3 heterocycles. The van der Waals surface area contributed by atoms with Crippen LogP contribution in [0.25, 0.3) is 11.1 Å². The summed E-state index contributed by atoms with van der Waals surface area (Å²) in [4.78, 5) is 30.8. The summed E-state index contributed by atoms with van der Waals surface area (Å²) >= 11 is 0. The number of primary amides is 1. The van der Waals surface area contributed by atoms with Gasteiger partial charge < -0.3 is 25.1 Å². The molecule has 173 valence electrons. The third-order valence-corrected chi connectivity index (χ3v) is 6.19. The Bertz CT molecular complexity index is 1300. The largest absolute Gasteiger partial charge is 0.430 e. The van der Waals surface area contributed by atoms with Gasteiger partial charge in [-0.15, -0.1) is 0 Å². The van der Waals surface area contributed by atoms with Crippen LogP contribution in [0.4, 0.5) is 5.82 Å². The zero-order chi connectivity index (χ0) is 24.5. The minimum Gasteiger partial charge on any atom is -0.430 e. The predicted molar refractivity (Wildman–Crippen MR) is 126 cm³/mol. The van der Waals surface area contributed by atoms with Crippen LogP contribution >= 0.6 is 0 Å². The highest BCUT2D eigenvalue weighted by Gasteiger charge is 2.46. The number of benzene rings is 1. The first kappa shape index (κ1) is 23.3. The first-order valence-corrected chi connectivity index (χ1v) is 11.0. The number of rotatable bonds is 6. The maximum atomic E-state index is 12.5. The number of nitrogens with two attached hydrogens (primary N) is 1. The van der Waals surface area contributed by atoms with E-state index in [4.69, 9.17) is 14.9 Å². The van der Waals surface area contributed by atoms with E-state index in [1.165, 1.54) is 6.08 Å². The van der Waals surface area contributed by atoms with E-state index in [0.717, 1.165) is 0 Å². The number of carbonyl (C=O) groups is 2. The van der Waals surface area contributed by atoms with Crippen LogP contribution in [-0.4, -0.2) is 75.1 Å². The van der Waals surface area contributed by atoms with Crippen LogP contribution in [0.15, 0.2) is 41.3 Å². The smallest absolute Gasteiger partial charge is 0.274 e. The van der Waals surface area contributed by atoms with E-state index >= 15 is 0 Å². The number of aromatic nitrogens is 3. The van der Waals surface area contributed by atoms with Crippen molar-refractivity contribution in [3.05, 3.63) is 54.1 Å². The predicted octanol–water partition coefficient (Wildman–Crippen LogP) is 0.819. The van der Waals surface area contributed by atoms with Gasteiger partial charge in [-0.2, -0.15) is 5.10 Å². The van der Waals surface area contributed by atoms with Crippen LogP contribution in [0.3, 0.4) is 0 Å². The molecule has 34 heavy (non-hydrogen) atoms. The molecular formula is C23H23N6O4Si. The van der Waals surface area contributed by atoms with E-state index in [-0.39, 0.29) is 35.6 Å². The number of methoxy groups -OCH3 is 1. The molecular weight excluding hydrogens is 452 g/mol. The molecule has 2 atom stereocenters. The summed E-state index contributed by atoms with van der Waals surface area (Å²) in [5.74, 6) is 5.32. The molecule has 1 saturated heterocycles. The monoisotopic (exact) mass is 475 g/mol. The van der Waals surface area contributed by atoms with E-state index in [2.05, 4.69) is 44.1 Å². The topological polar surface area (TPSA) is 129 Å². The number of carbonyl (C=O) groups excluding carboxylic acids is 2. The van der Waals surface area contributed by atoms with Crippen LogP contribution in [-0.2, 0) is 14.7 Å². The minimum absolute atomic E-state index is 0.125. The highest BCUT2D eigenvalue weighted by molar-refractivity contribution is 6.15. The molecule has 1 fully saturated rings. The Morgan fingerprint density at radius 2 is 2.21 bits per heavy atom. The highest BCUT2D eigenvalue weighted by atomic mass is 28.1. The van der Waals surface area contributed by atoms with Gasteiger partial charge in [0, 0.05) is 20.7 Å². The molecule has 0 saturated carbocycles. The zero-order valence-electron chi connectivity index (χ0n) is 18.8. The van der Waals surface area contributed by atoms with Gasteiger partial charge >= 0.3 is 0 Å². The second-order valence-electron chi connectivity index (χ2n) is 7.85. The van der Waals surface area contributed by atoms with Crippen molar-refractivity contribution < 1.29 is 18.7 Å². The van der Waals surface area contributed by atoms with Gasteiger partial charge in [-0.25, -0.2) is 9.67 Å². The summed E-state index contributed by atoms with van der Waals surface area (Å²) in [5, 5.41) is 6.75. The number of oxazole rings is 1. The van der Waals surface area contributed by atoms with Gasteiger partial charge in [-0.1, -0.05) is 18.7 Å². The summed E-state index contributed by atoms with van der Waals surface area (Å²) in [5.41, 5.74) is 7.25. The SMILES string of the molecule is C=CC(=O)N1C[C@@]([Si])(n2nc(C#Cc3nc4ccccc4o3)c(C(N)=O)c2NC)C[C@@H]1COC. The molecule has 1 aliphatic heterocycles. The molecule has 11 heteroatoms. The summed E-state index contributed by atoms with van der Waals surface area (Å²) < 4.78 is 12.5. The van der Waals surface area contributed by atoms with Crippen LogP contribution in [0.1, 0.15) is 28.4 Å². The second kappa shape index (κ2) is 9.16. The molecule has 0 spiro atoms. The molecule has 0 unspecified atom stereocenters. The Morgan fingerprint density at radius 3 is 2.85 bits per heavy atom. The second-order valence-corrected chi connectivity index (χ2v) is 8.78. The van der Waals surface area contributed by atoms with Gasteiger partial charge in [-0.05, 0) is 36.5 Å². The molecule has 3 N–H and O–H groups in total. The van der Waals surface area contributed by atoms with E-state index in [1.54, 1.807) is 29.8 Å². The zero-order valence-corrected chi connectivity index (χ0v) is 19.8. The van der Waals surface area contributed by atoms with Crippen LogP contribution in [0.5, 0.6) is 0 Å². The maximum Gasteiger partial charge on any atom is 0.274 e. The van der Waals surface area contributed by atoms with Gasteiger partial charge in [0.2, 0.25) is 5.91 Å². The Morgan fingerprint density at radius 1 is 1.44 bits per heavy atom. The third kappa shape index (κ3) is 4.09. The highest BCUT2D eigenvalue weighted by Crippen LogP contribution is 2.35. The fourth-order valence-corrected chi connectivity index (χ4v) is 4.73. The lowest BCUT2D eigenvalue weighted by atomic mass is 10.1. The van der Waals surface area contributed by atoms with Gasteiger partial charge in [0.1, 0.15) is 16.9 Å². The van der Waals surface area contributed by atoms with Crippen molar-refractivity contribution in [1.82, 2.24) is 19.7 Å². The molecule has 1 aromatic carbocycles. The lowest BCUT2D eigenvalue weighted by Gasteiger charge is -2.27. The minimum atomic E-state index is -0.845. The number of para-hydroxylation sites is 2. The number of hydrogen-bond acceptors (Lipinski definition) is 7. The number of amides is 2. The number of nitrogens with one attached hydrogen (secondary N) is 1. The normalized spacial score (nSPS) is 19.6. The molecule has 4 rings (SSSR count). The molecule has 2 aromatic heterocycles. The number of likely N-dealkylation sites (tertiary alicyclic amines) is 1. The summed E-state index contributed by atoms with van der Waals surface area (Å²) in [6.07, 6.45) is 1.72. The molecule has 1 aliphatic rings.